The van der Waals surface area contributed by atoms with Gasteiger partial charge in [0.1, 0.15) is 5.75 Å². The van der Waals surface area contributed by atoms with Crippen LogP contribution in [0.3, 0.4) is 0 Å². The summed E-state index contributed by atoms with van der Waals surface area (Å²) in [5.41, 5.74) is 2.74. The zero-order valence-corrected chi connectivity index (χ0v) is 19.1. The third-order valence-electron chi connectivity index (χ3n) is 6.44. The molecule has 0 radical (unpaired) electrons. The van der Waals surface area contributed by atoms with Gasteiger partial charge < -0.3 is 14.8 Å². The molecule has 1 aliphatic rings. The number of hydrogen-bond acceptors (Lipinski definition) is 4. The first-order valence-electron chi connectivity index (χ1n) is 11.8. The quantitative estimate of drug-likeness (QED) is 0.412. The van der Waals surface area contributed by atoms with Crippen molar-refractivity contribution in [2.45, 2.75) is 57.5 Å². The third kappa shape index (κ3) is 5.49. The second-order valence-electron chi connectivity index (χ2n) is 8.64. The SMILES string of the molecule is CCOC(=O)CCOc1ccc([C@@H]2CC[C@H](N[C@H](C)c3cccc4ccccc34)C2)cc1. The largest absolute Gasteiger partial charge is 0.493 e. The molecule has 4 nitrogen and oxygen atoms in total. The third-order valence-corrected chi connectivity index (χ3v) is 6.44. The van der Waals surface area contributed by atoms with E-state index in [1.54, 1.807) is 0 Å². The molecule has 0 saturated heterocycles. The number of nitrogens with one attached hydrogen (secondary N) is 1. The molecule has 1 aliphatic carbocycles. The van der Waals surface area contributed by atoms with Gasteiger partial charge in [0.15, 0.2) is 0 Å². The number of fused-ring (bicyclic) bond motifs is 1. The Balaban J connectivity index is 1.30. The fraction of sp³-hybridized carbons (Fsp3) is 0.393. The molecule has 32 heavy (non-hydrogen) atoms. The summed E-state index contributed by atoms with van der Waals surface area (Å²) in [5, 5.41) is 6.51. The molecule has 0 amide bonds. The van der Waals surface area contributed by atoms with Gasteiger partial charge in [-0.15, -0.1) is 0 Å². The molecule has 4 rings (SSSR count). The van der Waals surface area contributed by atoms with Crippen LogP contribution >= 0.6 is 0 Å². The molecule has 4 heteroatoms. The van der Waals surface area contributed by atoms with Gasteiger partial charge in [-0.3, -0.25) is 4.79 Å². The second-order valence-corrected chi connectivity index (χ2v) is 8.64. The van der Waals surface area contributed by atoms with E-state index < -0.39 is 0 Å². The monoisotopic (exact) mass is 431 g/mol. The van der Waals surface area contributed by atoms with E-state index in [-0.39, 0.29) is 12.4 Å². The van der Waals surface area contributed by atoms with Crippen LogP contribution in [-0.2, 0) is 9.53 Å². The molecule has 3 aromatic rings. The highest BCUT2D eigenvalue weighted by Crippen LogP contribution is 2.36. The maximum atomic E-state index is 11.4. The first-order chi connectivity index (χ1) is 15.6. The summed E-state index contributed by atoms with van der Waals surface area (Å²) >= 11 is 0. The van der Waals surface area contributed by atoms with Gasteiger partial charge in [-0.05, 0) is 73.1 Å². The average Bonchev–Trinajstić information content (AvgIpc) is 3.27. The number of ether oxygens (including phenoxy) is 2. The van der Waals surface area contributed by atoms with Crippen molar-refractivity contribution in [2.75, 3.05) is 13.2 Å². The van der Waals surface area contributed by atoms with Crippen molar-refractivity contribution < 1.29 is 14.3 Å². The Morgan fingerprint density at radius 1 is 1.03 bits per heavy atom. The van der Waals surface area contributed by atoms with Crippen LogP contribution in [0.2, 0.25) is 0 Å². The molecule has 1 N–H and O–H groups in total. The summed E-state index contributed by atoms with van der Waals surface area (Å²) < 4.78 is 10.6. The maximum absolute atomic E-state index is 11.4. The summed E-state index contributed by atoms with van der Waals surface area (Å²) in [6.45, 7) is 4.84. The van der Waals surface area contributed by atoms with E-state index in [4.69, 9.17) is 9.47 Å². The highest BCUT2D eigenvalue weighted by Gasteiger charge is 2.27. The number of carbonyl (C=O) groups excluding carboxylic acids is 1. The molecule has 1 saturated carbocycles. The van der Waals surface area contributed by atoms with Crippen molar-refractivity contribution in [3.05, 3.63) is 77.9 Å². The number of esters is 1. The first kappa shape index (κ1) is 22.3. The molecule has 1 fully saturated rings. The summed E-state index contributed by atoms with van der Waals surface area (Å²) in [5.74, 6) is 1.16. The number of rotatable bonds is 9. The lowest BCUT2D eigenvalue weighted by molar-refractivity contribution is -0.143. The van der Waals surface area contributed by atoms with Crippen LogP contribution < -0.4 is 10.1 Å². The highest BCUT2D eigenvalue weighted by atomic mass is 16.5. The minimum Gasteiger partial charge on any atom is -0.493 e. The molecule has 0 aliphatic heterocycles. The van der Waals surface area contributed by atoms with Crippen LogP contribution in [0.4, 0.5) is 0 Å². The van der Waals surface area contributed by atoms with Crippen LogP contribution in [0.1, 0.15) is 62.6 Å². The Morgan fingerprint density at radius 2 is 1.81 bits per heavy atom. The van der Waals surface area contributed by atoms with Gasteiger partial charge in [0.25, 0.3) is 0 Å². The maximum Gasteiger partial charge on any atom is 0.309 e. The van der Waals surface area contributed by atoms with Crippen molar-refractivity contribution in [3.8, 4) is 5.75 Å². The normalized spacial score (nSPS) is 19.1. The zero-order chi connectivity index (χ0) is 22.3. The predicted molar refractivity (Wildman–Crippen MR) is 129 cm³/mol. The first-order valence-corrected chi connectivity index (χ1v) is 11.8. The lowest BCUT2D eigenvalue weighted by atomic mass is 9.96. The minimum atomic E-state index is -0.216. The summed E-state index contributed by atoms with van der Waals surface area (Å²) in [6.07, 6.45) is 3.82. The van der Waals surface area contributed by atoms with E-state index in [0.717, 1.165) is 12.2 Å². The van der Waals surface area contributed by atoms with Crippen molar-refractivity contribution in [3.63, 3.8) is 0 Å². The Kier molecular flexibility index (Phi) is 7.43. The zero-order valence-electron chi connectivity index (χ0n) is 19.1. The molecular weight excluding hydrogens is 398 g/mol. The molecule has 168 valence electrons. The average molecular weight is 432 g/mol. The molecule has 0 bridgehead atoms. The van der Waals surface area contributed by atoms with Crippen LogP contribution in [0.5, 0.6) is 5.75 Å². The van der Waals surface area contributed by atoms with Gasteiger partial charge in [-0.1, -0.05) is 54.6 Å². The fourth-order valence-corrected chi connectivity index (χ4v) is 4.83. The summed E-state index contributed by atoms with van der Waals surface area (Å²) in [4.78, 5) is 11.4. The van der Waals surface area contributed by atoms with Gasteiger partial charge in [-0.25, -0.2) is 0 Å². The van der Waals surface area contributed by atoms with E-state index >= 15 is 0 Å². The number of carbonyl (C=O) groups is 1. The number of benzene rings is 3. The Labute approximate surface area is 190 Å². The van der Waals surface area contributed by atoms with Crippen molar-refractivity contribution in [2.24, 2.45) is 0 Å². The standard InChI is InChI=1S/C28H33NO3/c1-3-31-28(30)17-18-32-25-15-12-21(13-16-25)23-11-14-24(19-23)29-20(2)26-10-6-8-22-7-4-5-9-27(22)26/h4-10,12-13,15-16,20,23-24,29H,3,11,14,17-19H2,1-2H3/t20-,23-,24+/m1/s1. The van der Waals surface area contributed by atoms with Gasteiger partial charge in [0.05, 0.1) is 19.6 Å². The van der Waals surface area contributed by atoms with Gasteiger partial charge in [-0.2, -0.15) is 0 Å². The fourth-order valence-electron chi connectivity index (χ4n) is 4.83. The molecule has 0 aromatic heterocycles. The van der Waals surface area contributed by atoms with Crippen LogP contribution in [0.25, 0.3) is 10.8 Å². The summed E-state index contributed by atoms with van der Waals surface area (Å²) in [6, 6.07) is 24.4. The Hall–Kier alpha value is -2.85. The molecular formula is C28H33NO3. The predicted octanol–water partition coefficient (Wildman–Crippen LogP) is 6.16. The molecule has 0 spiro atoms. The van der Waals surface area contributed by atoms with E-state index in [1.165, 1.54) is 34.7 Å². The molecule has 3 aromatic carbocycles. The topological polar surface area (TPSA) is 47.6 Å². The minimum absolute atomic E-state index is 0.216. The Morgan fingerprint density at radius 3 is 2.62 bits per heavy atom. The van der Waals surface area contributed by atoms with Crippen molar-refractivity contribution >= 4 is 16.7 Å². The van der Waals surface area contributed by atoms with E-state index in [0.29, 0.717) is 31.2 Å². The molecule has 0 heterocycles. The lowest BCUT2D eigenvalue weighted by Crippen LogP contribution is -2.29. The molecule has 0 unspecified atom stereocenters. The van der Waals surface area contributed by atoms with Gasteiger partial charge in [0, 0.05) is 12.1 Å². The van der Waals surface area contributed by atoms with E-state index in [1.807, 2.05) is 19.1 Å². The van der Waals surface area contributed by atoms with Gasteiger partial charge in [0.2, 0.25) is 0 Å². The van der Waals surface area contributed by atoms with Crippen LogP contribution in [0.15, 0.2) is 66.7 Å². The lowest BCUT2D eigenvalue weighted by Gasteiger charge is -2.21. The van der Waals surface area contributed by atoms with Crippen LogP contribution in [0, 0.1) is 0 Å². The number of hydrogen-bond donors (Lipinski definition) is 1. The highest BCUT2D eigenvalue weighted by molar-refractivity contribution is 5.86. The smallest absolute Gasteiger partial charge is 0.309 e. The summed E-state index contributed by atoms with van der Waals surface area (Å²) in [7, 11) is 0. The molecule has 3 atom stereocenters. The van der Waals surface area contributed by atoms with Crippen molar-refractivity contribution in [1.29, 1.82) is 0 Å². The van der Waals surface area contributed by atoms with E-state index in [2.05, 4.69) is 66.8 Å². The Bertz CT molecular complexity index is 1030. The van der Waals surface area contributed by atoms with Crippen LogP contribution in [-0.4, -0.2) is 25.2 Å². The van der Waals surface area contributed by atoms with E-state index in [9.17, 15) is 4.79 Å². The second kappa shape index (κ2) is 10.6. The van der Waals surface area contributed by atoms with Crippen molar-refractivity contribution in [1.82, 2.24) is 5.32 Å². The van der Waals surface area contributed by atoms with Gasteiger partial charge >= 0.3 is 5.97 Å².